The van der Waals surface area contributed by atoms with Gasteiger partial charge in [0.1, 0.15) is 0 Å². The van der Waals surface area contributed by atoms with Crippen LogP contribution in [0.1, 0.15) is 48.9 Å². The van der Waals surface area contributed by atoms with Gasteiger partial charge in [0, 0.05) is 5.69 Å². The van der Waals surface area contributed by atoms with Crippen LogP contribution in [-0.2, 0) is 4.79 Å². The molecule has 114 valence electrons. The predicted molar refractivity (Wildman–Crippen MR) is 81.3 cm³/mol. The molecule has 0 unspecified atom stereocenters. The minimum absolute atomic E-state index is 0.0716. The molecule has 1 aromatic carbocycles. The Morgan fingerprint density at radius 3 is 2.52 bits per heavy atom. The first kappa shape index (κ1) is 15.8. The molecule has 2 rings (SSSR count). The van der Waals surface area contributed by atoms with Gasteiger partial charge in [-0.25, -0.2) is 0 Å². The molecule has 0 atom stereocenters. The number of hydrogen-bond donors (Lipinski definition) is 3. The molecule has 0 bridgehead atoms. The third-order valence-corrected chi connectivity index (χ3v) is 4.10. The van der Waals surface area contributed by atoms with Crippen LogP contribution in [-0.4, -0.2) is 22.5 Å². The first-order valence-electron chi connectivity index (χ1n) is 7.01. The number of rotatable bonds is 4. The third-order valence-electron chi connectivity index (χ3n) is 3.79. The average molecular weight is 311 g/mol. The van der Waals surface area contributed by atoms with Crippen LogP contribution < -0.4 is 11.1 Å². The first-order chi connectivity index (χ1) is 9.89. The molecule has 6 heteroatoms. The van der Waals surface area contributed by atoms with Gasteiger partial charge in [-0.2, -0.15) is 0 Å². The standard InChI is InChI=1S/C15H19ClN2O3/c16-12-8-10(4-5-11(12)14(17)20)18-13(19)9-15(21)6-2-1-3-7-15/h4-5,8,21H,1-3,6-7,9H2,(H2,17,20)(H,18,19). The fraction of sp³-hybridized carbons (Fsp3) is 0.467. The van der Waals surface area contributed by atoms with Crippen LogP contribution in [0.3, 0.4) is 0 Å². The quantitative estimate of drug-likeness (QED) is 0.797. The molecule has 0 spiro atoms. The second-order valence-corrected chi connectivity index (χ2v) is 5.98. The van der Waals surface area contributed by atoms with E-state index in [1.165, 1.54) is 12.1 Å². The van der Waals surface area contributed by atoms with Crippen LogP contribution in [0.5, 0.6) is 0 Å². The van der Waals surface area contributed by atoms with Crippen molar-refractivity contribution in [2.75, 3.05) is 5.32 Å². The maximum Gasteiger partial charge on any atom is 0.250 e. The highest BCUT2D eigenvalue weighted by Gasteiger charge is 2.31. The van der Waals surface area contributed by atoms with Crippen LogP contribution in [0.4, 0.5) is 5.69 Å². The number of anilines is 1. The molecule has 1 aromatic rings. The number of carbonyl (C=O) groups is 2. The Kier molecular flexibility index (Phi) is 4.85. The largest absolute Gasteiger partial charge is 0.389 e. The van der Waals surface area contributed by atoms with Crippen molar-refractivity contribution in [2.45, 2.75) is 44.1 Å². The highest BCUT2D eigenvalue weighted by atomic mass is 35.5. The molecule has 1 aliphatic carbocycles. The van der Waals surface area contributed by atoms with Gasteiger partial charge < -0.3 is 16.2 Å². The molecule has 4 N–H and O–H groups in total. The number of nitrogens with one attached hydrogen (secondary N) is 1. The fourth-order valence-corrected chi connectivity index (χ4v) is 2.96. The first-order valence-corrected chi connectivity index (χ1v) is 7.39. The second-order valence-electron chi connectivity index (χ2n) is 5.57. The summed E-state index contributed by atoms with van der Waals surface area (Å²) in [6, 6.07) is 4.51. The van der Waals surface area contributed by atoms with Gasteiger partial charge in [-0.05, 0) is 31.0 Å². The van der Waals surface area contributed by atoms with Gasteiger partial charge in [0.2, 0.25) is 11.8 Å². The van der Waals surface area contributed by atoms with Gasteiger partial charge in [-0.3, -0.25) is 9.59 Å². The predicted octanol–water partition coefficient (Wildman–Crippen LogP) is 2.46. The van der Waals surface area contributed by atoms with Gasteiger partial charge in [0.25, 0.3) is 0 Å². The molecular weight excluding hydrogens is 292 g/mol. The maximum atomic E-state index is 12.0. The van der Waals surface area contributed by atoms with Gasteiger partial charge in [-0.15, -0.1) is 0 Å². The number of primary amides is 1. The molecule has 1 aliphatic rings. The molecule has 0 aromatic heterocycles. The van der Waals surface area contributed by atoms with Gasteiger partial charge in [0.15, 0.2) is 0 Å². The lowest BCUT2D eigenvalue weighted by Crippen LogP contribution is -2.35. The summed E-state index contributed by atoms with van der Waals surface area (Å²) in [5.41, 5.74) is 4.95. The van der Waals surface area contributed by atoms with Crippen molar-refractivity contribution < 1.29 is 14.7 Å². The molecule has 0 radical (unpaired) electrons. The SMILES string of the molecule is NC(=O)c1ccc(NC(=O)CC2(O)CCCCC2)cc1Cl. The molecule has 0 heterocycles. The number of hydrogen-bond acceptors (Lipinski definition) is 3. The Morgan fingerprint density at radius 2 is 1.95 bits per heavy atom. The van der Waals surface area contributed by atoms with Crippen molar-refractivity contribution in [1.29, 1.82) is 0 Å². The van der Waals surface area contributed by atoms with Crippen LogP contribution in [0.2, 0.25) is 5.02 Å². The average Bonchev–Trinajstić information content (AvgIpc) is 2.38. The van der Waals surface area contributed by atoms with Gasteiger partial charge in [0.05, 0.1) is 22.6 Å². The summed E-state index contributed by atoms with van der Waals surface area (Å²) in [4.78, 5) is 23.1. The van der Waals surface area contributed by atoms with E-state index >= 15 is 0 Å². The minimum atomic E-state index is -0.903. The van der Waals surface area contributed by atoms with E-state index < -0.39 is 11.5 Å². The van der Waals surface area contributed by atoms with Crippen molar-refractivity contribution >= 4 is 29.1 Å². The summed E-state index contributed by atoms with van der Waals surface area (Å²) in [6.45, 7) is 0. The lowest BCUT2D eigenvalue weighted by atomic mass is 9.82. The molecule has 0 saturated heterocycles. The molecular formula is C15H19ClN2O3. The smallest absolute Gasteiger partial charge is 0.250 e. The summed E-state index contributed by atoms with van der Waals surface area (Å²) in [7, 11) is 0. The monoisotopic (exact) mass is 310 g/mol. The normalized spacial score (nSPS) is 17.2. The lowest BCUT2D eigenvalue weighted by Gasteiger charge is -2.31. The summed E-state index contributed by atoms with van der Waals surface area (Å²) in [5, 5.41) is 13.2. The molecule has 2 amide bonds. The van der Waals surface area contributed by atoms with E-state index in [9.17, 15) is 14.7 Å². The van der Waals surface area contributed by atoms with Crippen molar-refractivity contribution in [3.8, 4) is 0 Å². The van der Waals surface area contributed by atoms with Crippen molar-refractivity contribution in [1.82, 2.24) is 0 Å². The number of amides is 2. The highest BCUT2D eigenvalue weighted by Crippen LogP contribution is 2.31. The summed E-state index contributed by atoms with van der Waals surface area (Å²) in [6.07, 6.45) is 4.38. The van der Waals surface area contributed by atoms with Crippen LogP contribution in [0.25, 0.3) is 0 Å². The Morgan fingerprint density at radius 1 is 1.29 bits per heavy atom. The van der Waals surface area contributed by atoms with Gasteiger partial charge >= 0.3 is 0 Å². The Balaban J connectivity index is 1.99. The van der Waals surface area contributed by atoms with E-state index in [0.29, 0.717) is 18.5 Å². The van der Waals surface area contributed by atoms with Crippen LogP contribution >= 0.6 is 11.6 Å². The van der Waals surface area contributed by atoms with Gasteiger partial charge in [-0.1, -0.05) is 30.9 Å². The number of carbonyl (C=O) groups excluding carboxylic acids is 2. The molecule has 1 saturated carbocycles. The summed E-state index contributed by atoms with van der Waals surface area (Å²) >= 11 is 5.93. The van der Waals surface area contributed by atoms with E-state index in [1.807, 2.05) is 0 Å². The van der Waals surface area contributed by atoms with E-state index in [-0.39, 0.29) is 22.9 Å². The van der Waals surface area contributed by atoms with E-state index in [4.69, 9.17) is 17.3 Å². The third kappa shape index (κ3) is 4.19. The minimum Gasteiger partial charge on any atom is -0.389 e. The zero-order valence-corrected chi connectivity index (χ0v) is 12.4. The van der Waals surface area contributed by atoms with Crippen molar-refractivity contribution in [3.05, 3.63) is 28.8 Å². The topological polar surface area (TPSA) is 92.4 Å². The van der Waals surface area contributed by atoms with Crippen molar-refractivity contribution in [3.63, 3.8) is 0 Å². The van der Waals surface area contributed by atoms with E-state index in [0.717, 1.165) is 19.3 Å². The Bertz CT molecular complexity index is 554. The van der Waals surface area contributed by atoms with E-state index in [1.54, 1.807) is 6.07 Å². The zero-order valence-electron chi connectivity index (χ0n) is 11.7. The zero-order chi connectivity index (χ0) is 15.5. The highest BCUT2D eigenvalue weighted by molar-refractivity contribution is 6.34. The lowest BCUT2D eigenvalue weighted by molar-refractivity contribution is -0.122. The van der Waals surface area contributed by atoms with Crippen molar-refractivity contribution in [2.24, 2.45) is 5.73 Å². The second kappa shape index (κ2) is 6.45. The number of aliphatic hydroxyl groups is 1. The number of benzene rings is 1. The summed E-state index contributed by atoms with van der Waals surface area (Å²) in [5.74, 6) is -0.878. The Hall–Kier alpha value is -1.59. The number of nitrogens with two attached hydrogens (primary N) is 1. The summed E-state index contributed by atoms with van der Waals surface area (Å²) < 4.78 is 0. The van der Waals surface area contributed by atoms with E-state index in [2.05, 4.69) is 5.32 Å². The number of halogens is 1. The van der Waals surface area contributed by atoms with Crippen LogP contribution in [0.15, 0.2) is 18.2 Å². The molecule has 0 aliphatic heterocycles. The fourth-order valence-electron chi connectivity index (χ4n) is 2.68. The molecule has 21 heavy (non-hydrogen) atoms. The maximum absolute atomic E-state index is 12.0. The Labute approximate surface area is 128 Å². The van der Waals surface area contributed by atoms with Crippen LogP contribution in [0, 0.1) is 0 Å². The molecule has 1 fully saturated rings. The molecule has 5 nitrogen and oxygen atoms in total.